The van der Waals surface area contributed by atoms with Crippen LogP contribution < -0.4 is 10.1 Å². The maximum Gasteiger partial charge on any atom is 0.573 e. The number of alkyl halides is 3. The van der Waals surface area contributed by atoms with Gasteiger partial charge in [-0.1, -0.05) is 6.07 Å². The maximum absolute atomic E-state index is 11.9. The van der Waals surface area contributed by atoms with Crippen molar-refractivity contribution in [3.8, 4) is 5.75 Å². The smallest absolute Gasteiger partial charge is 0.406 e. The van der Waals surface area contributed by atoms with Gasteiger partial charge in [0.25, 0.3) is 0 Å². The van der Waals surface area contributed by atoms with Crippen molar-refractivity contribution in [3.05, 3.63) is 29.3 Å². The van der Waals surface area contributed by atoms with Crippen LogP contribution in [-0.2, 0) is 13.1 Å². The molecule has 0 radical (unpaired) electrons. The summed E-state index contributed by atoms with van der Waals surface area (Å²) in [7, 11) is 0. The summed E-state index contributed by atoms with van der Waals surface area (Å²) in [6.07, 6.45) is -4.61. The predicted molar refractivity (Wildman–Crippen MR) is 50.9 cm³/mol. The molecular formula is C9H9ClF3NO. The van der Waals surface area contributed by atoms with Gasteiger partial charge in [-0.2, -0.15) is 0 Å². The molecule has 6 heteroatoms. The van der Waals surface area contributed by atoms with Gasteiger partial charge in [-0.25, -0.2) is 0 Å². The Hall–Kier alpha value is -0.940. The van der Waals surface area contributed by atoms with Crippen molar-refractivity contribution < 1.29 is 17.9 Å². The van der Waals surface area contributed by atoms with Gasteiger partial charge in [0.05, 0.1) is 0 Å². The SMILES string of the molecule is Cl.FC(F)(F)Oc1ccc2c(c1)CNC2. The fourth-order valence-electron chi connectivity index (χ4n) is 1.47. The lowest BCUT2D eigenvalue weighted by Gasteiger charge is -2.09. The molecule has 0 saturated heterocycles. The van der Waals surface area contributed by atoms with E-state index in [0.717, 1.165) is 11.1 Å². The second-order valence-electron chi connectivity index (χ2n) is 3.08. The molecule has 0 amide bonds. The van der Waals surface area contributed by atoms with Crippen molar-refractivity contribution in [1.82, 2.24) is 5.32 Å². The van der Waals surface area contributed by atoms with E-state index in [0.29, 0.717) is 13.1 Å². The maximum atomic E-state index is 11.9. The van der Waals surface area contributed by atoms with E-state index >= 15 is 0 Å². The van der Waals surface area contributed by atoms with Gasteiger partial charge in [-0.3, -0.25) is 0 Å². The zero-order chi connectivity index (χ0) is 10.2. The van der Waals surface area contributed by atoms with Crippen LogP contribution in [-0.4, -0.2) is 6.36 Å². The standard InChI is InChI=1S/C9H8F3NO.ClH/c10-9(11,12)14-8-2-1-6-4-13-5-7(6)3-8;/h1-3,13H,4-5H2;1H. The van der Waals surface area contributed by atoms with E-state index in [-0.39, 0.29) is 18.2 Å². The number of hydrogen-bond acceptors (Lipinski definition) is 2. The van der Waals surface area contributed by atoms with Crippen molar-refractivity contribution in [2.75, 3.05) is 0 Å². The van der Waals surface area contributed by atoms with Crippen molar-refractivity contribution >= 4 is 12.4 Å². The summed E-state index contributed by atoms with van der Waals surface area (Å²) in [5, 5.41) is 3.04. The highest BCUT2D eigenvalue weighted by molar-refractivity contribution is 5.85. The van der Waals surface area contributed by atoms with E-state index < -0.39 is 6.36 Å². The van der Waals surface area contributed by atoms with Gasteiger partial charge in [0, 0.05) is 13.1 Å². The summed E-state index contributed by atoms with van der Waals surface area (Å²) in [5.74, 6) is -0.153. The summed E-state index contributed by atoms with van der Waals surface area (Å²) in [4.78, 5) is 0. The zero-order valence-corrected chi connectivity index (χ0v) is 8.41. The summed E-state index contributed by atoms with van der Waals surface area (Å²) < 4.78 is 39.4. The van der Waals surface area contributed by atoms with E-state index in [4.69, 9.17) is 0 Å². The number of benzene rings is 1. The third-order valence-corrected chi connectivity index (χ3v) is 2.04. The molecule has 0 fully saturated rings. The molecule has 0 aromatic heterocycles. The lowest BCUT2D eigenvalue weighted by Crippen LogP contribution is -2.17. The predicted octanol–water partition coefficient (Wildman–Crippen LogP) is 2.61. The molecule has 0 bridgehead atoms. The number of fused-ring (bicyclic) bond motifs is 1. The second-order valence-corrected chi connectivity index (χ2v) is 3.08. The van der Waals surface area contributed by atoms with Crippen LogP contribution in [0.3, 0.4) is 0 Å². The molecule has 1 aliphatic rings. The van der Waals surface area contributed by atoms with E-state index in [1.807, 2.05) is 0 Å². The van der Waals surface area contributed by atoms with Crippen LogP contribution in [0, 0.1) is 0 Å². The minimum atomic E-state index is -4.61. The molecular weight excluding hydrogens is 231 g/mol. The molecule has 2 nitrogen and oxygen atoms in total. The first kappa shape index (κ1) is 12.1. The highest BCUT2D eigenvalue weighted by Gasteiger charge is 2.31. The molecule has 15 heavy (non-hydrogen) atoms. The molecule has 1 aromatic rings. The Morgan fingerprint density at radius 1 is 1.13 bits per heavy atom. The van der Waals surface area contributed by atoms with Crippen molar-refractivity contribution in [1.29, 1.82) is 0 Å². The monoisotopic (exact) mass is 239 g/mol. The van der Waals surface area contributed by atoms with Crippen LogP contribution in [0.2, 0.25) is 0 Å². The summed E-state index contributed by atoms with van der Waals surface area (Å²) in [5.41, 5.74) is 1.89. The Labute approximate surface area is 90.8 Å². The van der Waals surface area contributed by atoms with Gasteiger partial charge in [0.15, 0.2) is 0 Å². The van der Waals surface area contributed by atoms with Crippen LogP contribution in [0.1, 0.15) is 11.1 Å². The molecule has 1 aromatic carbocycles. The van der Waals surface area contributed by atoms with Crippen molar-refractivity contribution in [2.24, 2.45) is 0 Å². The topological polar surface area (TPSA) is 21.3 Å². The third kappa shape index (κ3) is 3.00. The summed E-state index contributed by atoms with van der Waals surface area (Å²) in [6.45, 7) is 1.31. The Morgan fingerprint density at radius 2 is 1.80 bits per heavy atom. The van der Waals surface area contributed by atoms with E-state index in [1.165, 1.54) is 12.1 Å². The van der Waals surface area contributed by atoms with Crippen LogP contribution >= 0.6 is 12.4 Å². The molecule has 0 atom stereocenters. The summed E-state index contributed by atoms with van der Waals surface area (Å²) in [6, 6.07) is 4.40. The van der Waals surface area contributed by atoms with Crippen LogP contribution in [0.25, 0.3) is 0 Å². The Kier molecular flexibility index (Phi) is 3.46. The van der Waals surface area contributed by atoms with Gasteiger partial charge in [-0.15, -0.1) is 25.6 Å². The van der Waals surface area contributed by atoms with Gasteiger partial charge < -0.3 is 10.1 Å². The van der Waals surface area contributed by atoms with Crippen LogP contribution in [0.15, 0.2) is 18.2 Å². The Bertz CT molecular complexity index is 354. The first-order valence-electron chi connectivity index (χ1n) is 4.13. The first-order chi connectivity index (χ1) is 6.54. The van der Waals surface area contributed by atoms with Crippen molar-refractivity contribution in [2.45, 2.75) is 19.5 Å². The van der Waals surface area contributed by atoms with E-state index in [1.54, 1.807) is 6.07 Å². The average Bonchev–Trinajstić information content (AvgIpc) is 2.47. The Morgan fingerprint density at radius 3 is 2.47 bits per heavy atom. The van der Waals surface area contributed by atoms with E-state index in [9.17, 15) is 13.2 Å². The highest BCUT2D eigenvalue weighted by atomic mass is 35.5. The second kappa shape index (κ2) is 4.28. The molecule has 0 saturated carbocycles. The number of halogens is 4. The third-order valence-electron chi connectivity index (χ3n) is 2.04. The first-order valence-corrected chi connectivity index (χ1v) is 4.13. The molecule has 0 unspecified atom stereocenters. The number of nitrogens with one attached hydrogen (secondary N) is 1. The molecule has 84 valence electrons. The molecule has 0 aliphatic carbocycles. The molecule has 1 aliphatic heterocycles. The van der Waals surface area contributed by atoms with Crippen LogP contribution in [0.4, 0.5) is 13.2 Å². The lowest BCUT2D eigenvalue weighted by molar-refractivity contribution is -0.274. The normalized spacial score (nSPS) is 14.3. The van der Waals surface area contributed by atoms with Crippen LogP contribution in [0.5, 0.6) is 5.75 Å². The Balaban J connectivity index is 0.00000112. The minimum Gasteiger partial charge on any atom is -0.406 e. The zero-order valence-electron chi connectivity index (χ0n) is 7.60. The van der Waals surface area contributed by atoms with Gasteiger partial charge >= 0.3 is 6.36 Å². The lowest BCUT2D eigenvalue weighted by atomic mass is 10.1. The summed E-state index contributed by atoms with van der Waals surface area (Å²) >= 11 is 0. The average molecular weight is 240 g/mol. The van der Waals surface area contributed by atoms with Gasteiger partial charge in [0.1, 0.15) is 5.75 Å². The number of ether oxygens (including phenoxy) is 1. The van der Waals surface area contributed by atoms with E-state index in [2.05, 4.69) is 10.1 Å². The minimum absolute atomic E-state index is 0. The molecule has 0 spiro atoms. The number of rotatable bonds is 1. The fraction of sp³-hybridized carbons (Fsp3) is 0.333. The number of hydrogen-bond donors (Lipinski definition) is 1. The van der Waals surface area contributed by atoms with Gasteiger partial charge in [-0.05, 0) is 23.3 Å². The molecule has 1 N–H and O–H groups in total. The largest absolute Gasteiger partial charge is 0.573 e. The molecule has 1 heterocycles. The fourth-order valence-corrected chi connectivity index (χ4v) is 1.47. The highest BCUT2D eigenvalue weighted by Crippen LogP contribution is 2.26. The van der Waals surface area contributed by atoms with Gasteiger partial charge in [0.2, 0.25) is 0 Å². The van der Waals surface area contributed by atoms with Crippen molar-refractivity contribution in [3.63, 3.8) is 0 Å². The molecule has 2 rings (SSSR count). The quantitative estimate of drug-likeness (QED) is 0.813.